The zero-order valence-electron chi connectivity index (χ0n) is 10.6. The number of halogens is 1. The van der Waals surface area contributed by atoms with Crippen LogP contribution >= 0.6 is 15.9 Å². The molecule has 18 heavy (non-hydrogen) atoms. The average Bonchev–Trinajstić information content (AvgIpc) is 2.66. The molecule has 1 saturated carbocycles. The predicted molar refractivity (Wildman–Crippen MR) is 77.6 cm³/mol. The lowest BCUT2D eigenvalue weighted by molar-refractivity contribution is 0.142. The average molecular weight is 308 g/mol. The van der Waals surface area contributed by atoms with Crippen molar-refractivity contribution in [2.75, 3.05) is 6.54 Å². The van der Waals surface area contributed by atoms with Gasteiger partial charge < -0.3 is 10.7 Å². The van der Waals surface area contributed by atoms with E-state index in [1.54, 1.807) is 0 Å². The molecule has 0 unspecified atom stereocenters. The van der Waals surface area contributed by atoms with Crippen molar-refractivity contribution in [1.82, 2.24) is 9.97 Å². The molecule has 0 spiro atoms. The molecule has 0 radical (unpaired) electrons. The number of aromatic nitrogens is 2. The highest BCUT2D eigenvalue weighted by Gasteiger charge is 2.36. The lowest BCUT2D eigenvalue weighted by Gasteiger charge is -2.40. The standard InChI is InChI=1S/C14H18BrN3/c1-9-5-10(15)6-11-13(9)18-12(17-11)7-14(8-16)3-2-4-14/h5-6H,2-4,7-8,16H2,1H3,(H,17,18). The number of imidazole rings is 1. The second-order valence-corrected chi connectivity index (χ2v) is 6.45. The van der Waals surface area contributed by atoms with E-state index in [9.17, 15) is 0 Å². The second-order valence-electron chi connectivity index (χ2n) is 5.54. The summed E-state index contributed by atoms with van der Waals surface area (Å²) >= 11 is 3.52. The van der Waals surface area contributed by atoms with E-state index in [0.717, 1.165) is 34.3 Å². The van der Waals surface area contributed by atoms with Crippen LogP contribution < -0.4 is 5.73 Å². The number of aromatic amines is 1. The molecule has 3 N–H and O–H groups in total. The van der Waals surface area contributed by atoms with Gasteiger partial charge in [0.05, 0.1) is 11.0 Å². The monoisotopic (exact) mass is 307 g/mol. The first-order valence-corrected chi connectivity index (χ1v) is 7.26. The summed E-state index contributed by atoms with van der Waals surface area (Å²) in [5.41, 5.74) is 9.62. The number of benzene rings is 1. The third kappa shape index (κ3) is 1.97. The first-order valence-electron chi connectivity index (χ1n) is 6.47. The van der Waals surface area contributed by atoms with Crippen molar-refractivity contribution in [3.63, 3.8) is 0 Å². The van der Waals surface area contributed by atoms with E-state index in [1.807, 2.05) is 0 Å². The van der Waals surface area contributed by atoms with Gasteiger partial charge in [0.2, 0.25) is 0 Å². The molecule has 0 bridgehead atoms. The van der Waals surface area contributed by atoms with Crippen LogP contribution in [0.5, 0.6) is 0 Å². The van der Waals surface area contributed by atoms with Gasteiger partial charge in [-0.15, -0.1) is 0 Å². The van der Waals surface area contributed by atoms with Crippen LogP contribution in [-0.2, 0) is 6.42 Å². The molecule has 0 amide bonds. The summed E-state index contributed by atoms with van der Waals surface area (Å²) in [6.45, 7) is 2.87. The summed E-state index contributed by atoms with van der Waals surface area (Å²) < 4.78 is 1.10. The first-order chi connectivity index (χ1) is 8.62. The highest BCUT2D eigenvalue weighted by atomic mass is 79.9. The van der Waals surface area contributed by atoms with Gasteiger partial charge in [0.15, 0.2) is 0 Å². The van der Waals surface area contributed by atoms with Crippen molar-refractivity contribution in [3.8, 4) is 0 Å². The molecule has 1 aromatic carbocycles. The van der Waals surface area contributed by atoms with Crippen molar-refractivity contribution in [3.05, 3.63) is 28.0 Å². The molecule has 1 aromatic heterocycles. The lowest BCUT2D eigenvalue weighted by Crippen LogP contribution is -2.39. The van der Waals surface area contributed by atoms with Crippen LogP contribution in [0, 0.1) is 12.3 Å². The zero-order chi connectivity index (χ0) is 12.8. The van der Waals surface area contributed by atoms with Gasteiger partial charge in [0.1, 0.15) is 5.82 Å². The summed E-state index contributed by atoms with van der Waals surface area (Å²) in [6, 6.07) is 4.20. The zero-order valence-corrected chi connectivity index (χ0v) is 12.2. The van der Waals surface area contributed by atoms with E-state index in [4.69, 9.17) is 10.7 Å². The van der Waals surface area contributed by atoms with E-state index < -0.39 is 0 Å². The molecular formula is C14H18BrN3. The molecule has 0 atom stereocenters. The number of aryl methyl sites for hydroxylation is 1. The van der Waals surface area contributed by atoms with Gasteiger partial charge >= 0.3 is 0 Å². The first kappa shape index (κ1) is 12.2. The molecule has 3 nitrogen and oxygen atoms in total. The Morgan fingerprint density at radius 1 is 1.44 bits per heavy atom. The smallest absolute Gasteiger partial charge is 0.107 e. The van der Waals surface area contributed by atoms with E-state index in [2.05, 4.69) is 40.0 Å². The molecule has 0 saturated heterocycles. The maximum absolute atomic E-state index is 5.92. The van der Waals surface area contributed by atoms with Gasteiger partial charge in [-0.3, -0.25) is 0 Å². The van der Waals surface area contributed by atoms with Crippen molar-refractivity contribution in [2.45, 2.75) is 32.6 Å². The van der Waals surface area contributed by atoms with Crippen LogP contribution in [0.1, 0.15) is 30.7 Å². The molecule has 1 aliphatic rings. The van der Waals surface area contributed by atoms with Crippen LogP contribution in [0.15, 0.2) is 16.6 Å². The Bertz CT molecular complexity index is 578. The summed E-state index contributed by atoms with van der Waals surface area (Å²) in [7, 11) is 0. The van der Waals surface area contributed by atoms with Crippen LogP contribution in [0.25, 0.3) is 11.0 Å². The number of fused-ring (bicyclic) bond motifs is 1. The maximum atomic E-state index is 5.92. The number of nitrogens with one attached hydrogen (secondary N) is 1. The van der Waals surface area contributed by atoms with Crippen molar-refractivity contribution >= 4 is 27.0 Å². The van der Waals surface area contributed by atoms with E-state index in [0.29, 0.717) is 5.41 Å². The molecule has 2 aromatic rings. The minimum Gasteiger partial charge on any atom is -0.342 e. The highest BCUT2D eigenvalue weighted by Crippen LogP contribution is 2.42. The minimum atomic E-state index is 0.305. The van der Waals surface area contributed by atoms with Crippen LogP contribution in [-0.4, -0.2) is 16.5 Å². The van der Waals surface area contributed by atoms with Gasteiger partial charge in [-0.2, -0.15) is 0 Å². The topological polar surface area (TPSA) is 54.7 Å². The molecular weight excluding hydrogens is 290 g/mol. The Labute approximate surface area is 115 Å². The Hall–Kier alpha value is -0.870. The fourth-order valence-corrected chi connectivity index (χ4v) is 3.44. The third-order valence-electron chi connectivity index (χ3n) is 4.18. The van der Waals surface area contributed by atoms with Gasteiger partial charge in [-0.05, 0) is 49.4 Å². The number of nitrogens with two attached hydrogens (primary N) is 1. The Morgan fingerprint density at radius 3 is 2.83 bits per heavy atom. The third-order valence-corrected chi connectivity index (χ3v) is 4.64. The number of nitrogens with zero attached hydrogens (tertiary/aromatic N) is 1. The van der Waals surface area contributed by atoms with Gasteiger partial charge in [-0.1, -0.05) is 22.4 Å². The molecule has 4 heteroatoms. The SMILES string of the molecule is Cc1cc(Br)cc2[nH]c(CC3(CN)CCC3)nc12. The van der Waals surface area contributed by atoms with Gasteiger partial charge in [0.25, 0.3) is 0 Å². The summed E-state index contributed by atoms with van der Waals surface area (Å²) in [5.74, 6) is 1.08. The molecule has 96 valence electrons. The Balaban J connectivity index is 1.96. The normalized spacial score (nSPS) is 17.9. The molecule has 3 rings (SSSR count). The van der Waals surface area contributed by atoms with Crippen molar-refractivity contribution < 1.29 is 0 Å². The fourth-order valence-electron chi connectivity index (χ4n) is 2.87. The predicted octanol–water partition coefficient (Wildman–Crippen LogP) is 3.31. The maximum Gasteiger partial charge on any atom is 0.107 e. The summed E-state index contributed by atoms with van der Waals surface area (Å²) in [5, 5.41) is 0. The van der Waals surface area contributed by atoms with Crippen LogP contribution in [0.4, 0.5) is 0 Å². The quantitative estimate of drug-likeness (QED) is 0.914. The summed E-state index contributed by atoms with van der Waals surface area (Å²) in [6.07, 6.45) is 4.77. The molecule has 1 heterocycles. The lowest BCUT2D eigenvalue weighted by atomic mass is 9.66. The Morgan fingerprint density at radius 2 is 2.22 bits per heavy atom. The highest BCUT2D eigenvalue weighted by molar-refractivity contribution is 9.10. The molecule has 1 fully saturated rings. The van der Waals surface area contributed by atoms with Crippen LogP contribution in [0.2, 0.25) is 0 Å². The van der Waals surface area contributed by atoms with E-state index in [-0.39, 0.29) is 0 Å². The number of rotatable bonds is 3. The molecule has 1 aliphatic carbocycles. The Kier molecular flexibility index (Phi) is 2.94. The second kappa shape index (κ2) is 4.35. The van der Waals surface area contributed by atoms with Gasteiger partial charge in [0, 0.05) is 10.9 Å². The number of H-pyrrole nitrogens is 1. The van der Waals surface area contributed by atoms with E-state index in [1.165, 1.54) is 24.8 Å². The van der Waals surface area contributed by atoms with Crippen molar-refractivity contribution in [1.29, 1.82) is 0 Å². The number of hydrogen-bond donors (Lipinski definition) is 2. The number of hydrogen-bond acceptors (Lipinski definition) is 2. The fraction of sp³-hybridized carbons (Fsp3) is 0.500. The summed E-state index contributed by atoms with van der Waals surface area (Å²) in [4.78, 5) is 8.18. The minimum absolute atomic E-state index is 0.305. The van der Waals surface area contributed by atoms with E-state index >= 15 is 0 Å². The molecule has 0 aliphatic heterocycles. The van der Waals surface area contributed by atoms with Gasteiger partial charge in [-0.25, -0.2) is 4.98 Å². The largest absolute Gasteiger partial charge is 0.342 e. The van der Waals surface area contributed by atoms with Crippen LogP contribution in [0.3, 0.4) is 0 Å². The van der Waals surface area contributed by atoms with Crippen molar-refractivity contribution in [2.24, 2.45) is 11.1 Å².